The molecule has 4 N–H and O–H groups in total. The maximum atomic E-state index is 13.8. The number of benzene rings is 2. The highest BCUT2D eigenvalue weighted by Crippen LogP contribution is 2.48. The number of hydrogen-bond acceptors (Lipinski definition) is 6. The standard InChI is InChI=1S/C35H46N4O6/c1-21(2)18-28(38-32(42)26(36-23(4)40)17-16-24-12-8-6-9-13-24)33(43)39-29(20-25-14-10-7-11-15-25)34(44)37-27-19-22(3)31-35(5,45-31)30(27)41/h6-15,21-22,26-29,31H,16-20H2,1-5H3,(H,36,40)(H,37,44)(H,38,42)(H,39,43)/t22?,26-,27-,28-,29-,31?,35-/m0/s1. The number of carbonyl (C=O) groups excluding carboxylic acids is 5. The average molecular weight is 619 g/mol. The zero-order valence-corrected chi connectivity index (χ0v) is 26.8. The Bertz CT molecular complexity index is 1370. The van der Waals surface area contributed by atoms with Crippen LogP contribution in [0, 0.1) is 11.8 Å². The van der Waals surface area contributed by atoms with E-state index in [1.54, 1.807) is 6.92 Å². The predicted octanol–water partition coefficient (Wildman–Crippen LogP) is 2.63. The topological polar surface area (TPSA) is 146 Å². The third kappa shape index (κ3) is 9.00. The molecule has 2 aromatic rings. The molecule has 2 fully saturated rings. The lowest BCUT2D eigenvalue weighted by Gasteiger charge is -2.30. The van der Waals surface area contributed by atoms with Crippen LogP contribution in [0.1, 0.15) is 65.0 Å². The number of fused-ring (bicyclic) bond motifs is 1. The Labute approximate surface area is 265 Å². The van der Waals surface area contributed by atoms with Gasteiger partial charge in [0.2, 0.25) is 23.6 Å². The van der Waals surface area contributed by atoms with Crippen molar-refractivity contribution in [2.45, 2.75) is 103 Å². The Balaban J connectivity index is 1.48. The van der Waals surface area contributed by atoms with Gasteiger partial charge in [-0.1, -0.05) is 81.4 Å². The van der Waals surface area contributed by atoms with Crippen LogP contribution < -0.4 is 21.3 Å². The van der Waals surface area contributed by atoms with Gasteiger partial charge < -0.3 is 26.0 Å². The van der Waals surface area contributed by atoms with E-state index in [9.17, 15) is 24.0 Å². The molecule has 2 aromatic carbocycles. The molecule has 10 nitrogen and oxygen atoms in total. The van der Waals surface area contributed by atoms with Gasteiger partial charge in [0.05, 0.1) is 12.1 Å². The summed E-state index contributed by atoms with van der Waals surface area (Å²) in [5.74, 6) is -1.83. The lowest BCUT2D eigenvalue weighted by atomic mass is 9.79. The fourth-order valence-electron chi connectivity index (χ4n) is 6.21. The third-order valence-corrected chi connectivity index (χ3v) is 8.62. The van der Waals surface area contributed by atoms with Gasteiger partial charge in [-0.2, -0.15) is 0 Å². The second-order valence-electron chi connectivity index (χ2n) is 13.0. The van der Waals surface area contributed by atoms with Crippen LogP contribution >= 0.6 is 0 Å². The van der Waals surface area contributed by atoms with Crippen LogP contribution in [0.15, 0.2) is 60.7 Å². The van der Waals surface area contributed by atoms with Gasteiger partial charge in [-0.05, 0) is 55.6 Å². The Morgan fingerprint density at radius 1 is 0.844 bits per heavy atom. The molecule has 4 rings (SSSR count). The largest absolute Gasteiger partial charge is 0.358 e. The SMILES string of the molecule is CC(=O)N[C@@H](CCc1ccccc1)C(=O)N[C@@H](CC(C)C)C(=O)N[C@@H](Cc1ccccc1)C(=O)N[C@H]1CC(C)C2O[C@@]2(C)C1=O. The lowest BCUT2D eigenvalue weighted by Crippen LogP contribution is -2.59. The van der Waals surface area contributed by atoms with Crippen molar-refractivity contribution in [2.24, 2.45) is 11.8 Å². The number of hydrogen-bond donors (Lipinski definition) is 4. The molecule has 2 aliphatic rings. The Kier molecular flexibility index (Phi) is 11.1. The van der Waals surface area contributed by atoms with E-state index in [0.29, 0.717) is 25.7 Å². The molecule has 1 saturated carbocycles. The van der Waals surface area contributed by atoms with E-state index in [4.69, 9.17) is 4.74 Å². The summed E-state index contributed by atoms with van der Waals surface area (Å²) in [5.41, 5.74) is 0.969. The maximum absolute atomic E-state index is 13.8. The summed E-state index contributed by atoms with van der Waals surface area (Å²) in [6.45, 7) is 8.97. The van der Waals surface area contributed by atoms with Crippen molar-refractivity contribution in [3.05, 3.63) is 71.8 Å². The first-order chi connectivity index (χ1) is 21.4. The van der Waals surface area contributed by atoms with E-state index in [2.05, 4.69) is 21.3 Å². The van der Waals surface area contributed by atoms with Crippen molar-refractivity contribution in [3.8, 4) is 0 Å². The first-order valence-corrected chi connectivity index (χ1v) is 15.9. The summed E-state index contributed by atoms with van der Waals surface area (Å²) in [6, 6.07) is 15.4. The number of nitrogens with one attached hydrogen (secondary N) is 4. The summed E-state index contributed by atoms with van der Waals surface area (Å²) >= 11 is 0. The molecular weight excluding hydrogens is 572 g/mol. The summed E-state index contributed by atoms with van der Waals surface area (Å²) in [6.07, 6.45) is 1.74. The third-order valence-electron chi connectivity index (χ3n) is 8.62. The highest BCUT2D eigenvalue weighted by atomic mass is 16.6. The molecule has 0 aromatic heterocycles. The van der Waals surface area contributed by atoms with Crippen LogP contribution in [0.5, 0.6) is 0 Å². The summed E-state index contributed by atoms with van der Waals surface area (Å²) in [5, 5.41) is 11.3. The van der Waals surface area contributed by atoms with Crippen LogP contribution in [-0.4, -0.2) is 65.3 Å². The minimum absolute atomic E-state index is 0.0413. The highest BCUT2D eigenvalue weighted by Gasteiger charge is 2.65. The maximum Gasteiger partial charge on any atom is 0.243 e. The number of amides is 4. The molecule has 0 bridgehead atoms. The molecule has 0 spiro atoms. The Morgan fingerprint density at radius 2 is 1.42 bits per heavy atom. The molecule has 1 heterocycles. The van der Waals surface area contributed by atoms with E-state index in [0.717, 1.165) is 11.1 Å². The van der Waals surface area contributed by atoms with Crippen molar-refractivity contribution in [3.63, 3.8) is 0 Å². The van der Waals surface area contributed by atoms with Gasteiger partial charge in [0.25, 0.3) is 0 Å². The number of Topliss-reactive ketones (excluding diaryl/α,β-unsaturated/α-hetero) is 1. The number of carbonyl (C=O) groups is 5. The van der Waals surface area contributed by atoms with Crippen molar-refractivity contribution < 1.29 is 28.7 Å². The van der Waals surface area contributed by atoms with Gasteiger partial charge >= 0.3 is 0 Å². The first-order valence-electron chi connectivity index (χ1n) is 15.9. The van der Waals surface area contributed by atoms with Gasteiger partial charge in [0.15, 0.2) is 11.4 Å². The van der Waals surface area contributed by atoms with E-state index in [1.807, 2.05) is 81.4 Å². The molecule has 2 unspecified atom stereocenters. The molecular formula is C35H46N4O6. The molecule has 1 aliphatic heterocycles. The normalized spacial score (nSPS) is 24.0. The van der Waals surface area contributed by atoms with E-state index in [1.165, 1.54) is 6.92 Å². The second-order valence-corrected chi connectivity index (χ2v) is 13.0. The number of ketones is 1. The zero-order valence-electron chi connectivity index (χ0n) is 26.8. The van der Waals surface area contributed by atoms with Crippen molar-refractivity contribution >= 4 is 29.4 Å². The van der Waals surface area contributed by atoms with Gasteiger partial charge in [-0.3, -0.25) is 24.0 Å². The summed E-state index contributed by atoms with van der Waals surface area (Å²) in [4.78, 5) is 66.0. The molecule has 10 heteroatoms. The fourth-order valence-corrected chi connectivity index (χ4v) is 6.21. The van der Waals surface area contributed by atoms with Crippen LogP contribution in [0.4, 0.5) is 0 Å². The molecule has 4 amide bonds. The smallest absolute Gasteiger partial charge is 0.243 e. The molecule has 7 atom stereocenters. The number of epoxide rings is 1. The Hall–Kier alpha value is -4.05. The lowest BCUT2D eigenvalue weighted by molar-refractivity contribution is -0.135. The molecule has 1 saturated heterocycles. The summed E-state index contributed by atoms with van der Waals surface area (Å²) < 4.78 is 5.68. The monoisotopic (exact) mass is 618 g/mol. The van der Waals surface area contributed by atoms with Crippen molar-refractivity contribution in [1.29, 1.82) is 0 Å². The molecule has 242 valence electrons. The molecule has 45 heavy (non-hydrogen) atoms. The minimum Gasteiger partial charge on any atom is -0.358 e. The number of rotatable bonds is 14. The minimum atomic E-state index is -0.996. The van der Waals surface area contributed by atoms with E-state index >= 15 is 0 Å². The van der Waals surface area contributed by atoms with Crippen LogP contribution in [0.25, 0.3) is 0 Å². The number of ether oxygens (including phenoxy) is 1. The molecule has 1 aliphatic carbocycles. The van der Waals surface area contributed by atoms with E-state index in [-0.39, 0.29) is 36.1 Å². The van der Waals surface area contributed by atoms with Crippen LogP contribution in [0.2, 0.25) is 0 Å². The average Bonchev–Trinajstić information content (AvgIpc) is 3.71. The quantitative estimate of drug-likeness (QED) is 0.240. The predicted molar refractivity (Wildman–Crippen MR) is 170 cm³/mol. The van der Waals surface area contributed by atoms with E-state index < -0.39 is 47.5 Å². The van der Waals surface area contributed by atoms with Gasteiger partial charge in [-0.15, -0.1) is 0 Å². The second kappa shape index (κ2) is 14.8. The van der Waals surface area contributed by atoms with Gasteiger partial charge in [0, 0.05) is 13.3 Å². The van der Waals surface area contributed by atoms with Crippen LogP contribution in [-0.2, 0) is 41.6 Å². The fraction of sp³-hybridized carbons (Fsp3) is 0.514. The highest BCUT2D eigenvalue weighted by molar-refractivity contribution is 6.00. The zero-order chi connectivity index (χ0) is 32.7. The van der Waals surface area contributed by atoms with Crippen molar-refractivity contribution in [2.75, 3.05) is 0 Å². The Morgan fingerprint density at radius 3 is 2.02 bits per heavy atom. The van der Waals surface area contributed by atoms with Crippen LogP contribution in [0.3, 0.4) is 0 Å². The first kappa shape index (κ1) is 33.8. The van der Waals surface area contributed by atoms with Gasteiger partial charge in [-0.25, -0.2) is 0 Å². The molecule has 0 radical (unpaired) electrons. The summed E-state index contributed by atoms with van der Waals surface area (Å²) in [7, 11) is 0. The van der Waals surface area contributed by atoms with Gasteiger partial charge in [0.1, 0.15) is 18.1 Å². The van der Waals surface area contributed by atoms with Crippen molar-refractivity contribution in [1.82, 2.24) is 21.3 Å². The number of aryl methyl sites for hydroxylation is 1.